The van der Waals surface area contributed by atoms with Crippen molar-refractivity contribution in [2.24, 2.45) is 5.84 Å². The number of alkyl halides is 3. The van der Waals surface area contributed by atoms with Crippen LogP contribution in [0.15, 0.2) is 30.6 Å². The van der Waals surface area contributed by atoms with E-state index < -0.39 is 23.3 Å². The molecule has 0 spiro atoms. The van der Waals surface area contributed by atoms with Crippen molar-refractivity contribution in [2.45, 2.75) is 6.18 Å². The minimum atomic E-state index is -4.62. The highest BCUT2D eigenvalue weighted by atomic mass is 19.4. The molecule has 0 unspecified atom stereocenters. The largest absolute Gasteiger partial charge is 0.418 e. The Labute approximate surface area is 111 Å². The monoisotopic (exact) mass is 285 g/mol. The van der Waals surface area contributed by atoms with E-state index in [1.54, 1.807) is 0 Å². The summed E-state index contributed by atoms with van der Waals surface area (Å²) in [5.41, 5.74) is 0.538. The SMILES string of the molecule is NNc1c(C(=O)Nc2cn[nH]c2)cccc1C(F)(F)F. The van der Waals surface area contributed by atoms with Gasteiger partial charge in [0.2, 0.25) is 0 Å². The number of para-hydroxylation sites is 1. The van der Waals surface area contributed by atoms with Crippen LogP contribution in [0, 0.1) is 0 Å². The van der Waals surface area contributed by atoms with Gasteiger partial charge in [0.25, 0.3) is 5.91 Å². The number of hydrogen-bond acceptors (Lipinski definition) is 4. The number of rotatable bonds is 3. The lowest BCUT2D eigenvalue weighted by molar-refractivity contribution is -0.137. The predicted molar refractivity (Wildman–Crippen MR) is 65.8 cm³/mol. The normalized spacial score (nSPS) is 11.2. The Hall–Kier alpha value is -2.55. The number of nitrogens with zero attached hydrogens (tertiary/aromatic N) is 1. The highest BCUT2D eigenvalue weighted by Gasteiger charge is 2.35. The van der Waals surface area contributed by atoms with Crippen LogP contribution in [0.25, 0.3) is 0 Å². The fraction of sp³-hybridized carbons (Fsp3) is 0.0909. The summed E-state index contributed by atoms with van der Waals surface area (Å²) in [6.45, 7) is 0. The lowest BCUT2D eigenvalue weighted by atomic mass is 10.1. The number of halogens is 3. The summed E-state index contributed by atoms with van der Waals surface area (Å²) in [7, 11) is 0. The van der Waals surface area contributed by atoms with Gasteiger partial charge in [0.1, 0.15) is 0 Å². The summed E-state index contributed by atoms with van der Waals surface area (Å²) < 4.78 is 38.4. The van der Waals surface area contributed by atoms with E-state index in [0.29, 0.717) is 5.69 Å². The second kappa shape index (κ2) is 5.21. The van der Waals surface area contributed by atoms with Crippen LogP contribution in [0.2, 0.25) is 0 Å². The van der Waals surface area contributed by atoms with Gasteiger partial charge in [-0.15, -0.1) is 0 Å². The molecule has 1 aromatic heterocycles. The number of hydrogen-bond donors (Lipinski definition) is 4. The minimum absolute atomic E-state index is 0.219. The highest BCUT2D eigenvalue weighted by molar-refractivity contribution is 6.08. The zero-order valence-electron chi connectivity index (χ0n) is 9.95. The number of aromatic amines is 1. The van der Waals surface area contributed by atoms with Crippen molar-refractivity contribution in [3.8, 4) is 0 Å². The summed E-state index contributed by atoms with van der Waals surface area (Å²) in [4.78, 5) is 12.0. The molecule has 2 aromatic rings. The highest BCUT2D eigenvalue weighted by Crippen LogP contribution is 2.36. The van der Waals surface area contributed by atoms with Gasteiger partial charge in [0.15, 0.2) is 0 Å². The first-order valence-corrected chi connectivity index (χ1v) is 5.40. The molecule has 1 aromatic carbocycles. The molecule has 0 fully saturated rings. The van der Waals surface area contributed by atoms with Gasteiger partial charge in [-0.3, -0.25) is 15.7 Å². The van der Waals surface area contributed by atoms with Crippen molar-refractivity contribution in [3.05, 3.63) is 41.7 Å². The number of anilines is 2. The van der Waals surface area contributed by atoms with Gasteiger partial charge in [0, 0.05) is 6.20 Å². The molecule has 0 saturated heterocycles. The summed E-state index contributed by atoms with van der Waals surface area (Å²) in [5.74, 6) is 4.38. The number of nitrogen functional groups attached to an aromatic ring is 1. The molecular formula is C11H10F3N5O. The van der Waals surface area contributed by atoms with E-state index in [-0.39, 0.29) is 5.56 Å². The molecule has 0 aliphatic rings. The van der Waals surface area contributed by atoms with Gasteiger partial charge in [-0.05, 0) is 12.1 Å². The van der Waals surface area contributed by atoms with Gasteiger partial charge < -0.3 is 10.7 Å². The number of nitrogens with two attached hydrogens (primary N) is 1. The first kappa shape index (κ1) is 13.9. The Bertz CT molecular complexity index is 609. The number of benzene rings is 1. The molecule has 6 nitrogen and oxygen atoms in total. The third-order valence-electron chi connectivity index (χ3n) is 2.51. The van der Waals surface area contributed by atoms with Crippen LogP contribution < -0.4 is 16.6 Å². The van der Waals surface area contributed by atoms with Gasteiger partial charge in [-0.25, -0.2) is 0 Å². The number of nitrogens with one attached hydrogen (secondary N) is 3. The predicted octanol–water partition coefficient (Wildman–Crippen LogP) is 1.97. The topological polar surface area (TPSA) is 95.8 Å². The van der Waals surface area contributed by atoms with Crippen LogP contribution in [0.1, 0.15) is 15.9 Å². The Morgan fingerprint density at radius 2 is 2.10 bits per heavy atom. The van der Waals surface area contributed by atoms with Gasteiger partial charge in [-0.2, -0.15) is 18.3 Å². The average molecular weight is 285 g/mol. The van der Waals surface area contributed by atoms with Crippen molar-refractivity contribution in [1.82, 2.24) is 10.2 Å². The maximum absolute atomic E-state index is 12.8. The molecule has 9 heteroatoms. The van der Waals surface area contributed by atoms with Gasteiger partial charge in [0.05, 0.1) is 28.7 Å². The molecule has 1 amide bonds. The zero-order chi connectivity index (χ0) is 14.8. The minimum Gasteiger partial charge on any atom is -0.323 e. The van der Waals surface area contributed by atoms with Crippen LogP contribution in [0.4, 0.5) is 24.5 Å². The fourth-order valence-electron chi connectivity index (χ4n) is 1.65. The number of hydrazine groups is 1. The number of carbonyl (C=O) groups is 1. The van der Waals surface area contributed by atoms with Gasteiger partial charge >= 0.3 is 6.18 Å². The summed E-state index contributed by atoms with van der Waals surface area (Å²) in [5, 5.41) is 8.47. The Balaban J connectivity index is 2.39. The first-order chi connectivity index (χ1) is 9.43. The summed E-state index contributed by atoms with van der Waals surface area (Å²) in [6.07, 6.45) is -1.91. The molecule has 5 N–H and O–H groups in total. The molecule has 0 bridgehead atoms. The Kier molecular flexibility index (Phi) is 3.61. The maximum Gasteiger partial charge on any atom is 0.418 e. The second-order valence-corrected chi connectivity index (χ2v) is 3.81. The van der Waals surface area contributed by atoms with Crippen LogP contribution in [0.5, 0.6) is 0 Å². The number of aromatic nitrogens is 2. The molecule has 0 aliphatic carbocycles. The van der Waals surface area contributed by atoms with E-state index in [1.807, 2.05) is 5.43 Å². The standard InChI is InChI=1S/C11H10F3N5O/c12-11(13,14)8-3-1-2-7(9(8)19-15)10(20)18-6-4-16-17-5-6/h1-5,19H,15H2,(H,16,17)(H,18,20). The van der Waals surface area contributed by atoms with E-state index in [0.717, 1.165) is 12.1 Å². The van der Waals surface area contributed by atoms with Crippen LogP contribution >= 0.6 is 0 Å². The molecule has 2 rings (SSSR count). The molecule has 0 saturated carbocycles. The van der Waals surface area contributed by atoms with E-state index in [2.05, 4.69) is 15.5 Å². The fourth-order valence-corrected chi connectivity index (χ4v) is 1.65. The maximum atomic E-state index is 12.8. The third-order valence-corrected chi connectivity index (χ3v) is 2.51. The van der Waals surface area contributed by atoms with E-state index in [4.69, 9.17) is 5.84 Å². The average Bonchev–Trinajstić information content (AvgIpc) is 2.89. The lowest BCUT2D eigenvalue weighted by Gasteiger charge is -2.15. The third kappa shape index (κ3) is 2.72. The Morgan fingerprint density at radius 1 is 1.35 bits per heavy atom. The summed E-state index contributed by atoms with van der Waals surface area (Å²) in [6, 6.07) is 3.21. The molecular weight excluding hydrogens is 275 g/mol. The van der Waals surface area contributed by atoms with Gasteiger partial charge in [-0.1, -0.05) is 6.07 Å². The van der Waals surface area contributed by atoms with Crippen molar-refractivity contribution in [1.29, 1.82) is 0 Å². The van der Waals surface area contributed by atoms with Crippen LogP contribution in [-0.4, -0.2) is 16.1 Å². The molecule has 0 radical (unpaired) electrons. The zero-order valence-corrected chi connectivity index (χ0v) is 9.95. The van der Waals surface area contributed by atoms with E-state index in [1.165, 1.54) is 18.5 Å². The van der Waals surface area contributed by atoms with Crippen molar-refractivity contribution in [3.63, 3.8) is 0 Å². The second-order valence-electron chi connectivity index (χ2n) is 3.81. The van der Waals surface area contributed by atoms with Crippen molar-refractivity contribution in [2.75, 3.05) is 10.7 Å². The smallest absolute Gasteiger partial charge is 0.323 e. The van der Waals surface area contributed by atoms with Crippen molar-refractivity contribution >= 4 is 17.3 Å². The van der Waals surface area contributed by atoms with Crippen LogP contribution in [0.3, 0.4) is 0 Å². The molecule has 1 heterocycles. The number of carbonyl (C=O) groups excluding carboxylic acids is 1. The molecule has 20 heavy (non-hydrogen) atoms. The lowest BCUT2D eigenvalue weighted by Crippen LogP contribution is -2.21. The Morgan fingerprint density at radius 3 is 2.65 bits per heavy atom. The quantitative estimate of drug-likeness (QED) is 0.512. The van der Waals surface area contributed by atoms with E-state index >= 15 is 0 Å². The molecule has 106 valence electrons. The number of amides is 1. The van der Waals surface area contributed by atoms with Crippen molar-refractivity contribution < 1.29 is 18.0 Å². The number of H-pyrrole nitrogens is 1. The first-order valence-electron chi connectivity index (χ1n) is 5.40. The molecule has 0 aliphatic heterocycles. The van der Waals surface area contributed by atoms with Crippen LogP contribution in [-0.2, 0) is 6.18 Å². The summed E-state index contributed by atoms with van der Waals surface area (Å²) >= 11 is 0. The molecule has 0 atom stereocenters. The van der Waals surface area contributed by atoms with E-state index in [9.17, 15) is 18.0 Å².